The van der Waals surface area contributed by atoms with Gasteiger partial charge in [0.05, 0.1) is 10.9 Å². The molecule has 0 fully saturated rings. The number of ether oxygens (including phenoxy) is 2. The number of thiophene rings is 1. The number of rotatable bonds is 4. The molecule has 0 radical (unpaired) electrons. The fourth-order valence-electron chi connectivity index (χ4n) is 2.70. The second-order valence-corrected chi connectivity index (χ2v) is 6.95. The fourth-order valence-corrected chi connectivity index (χ4v) is 3.53. The number of benzene rings is 1. The first-order valence-electron chi connectivity index (χ1n) is 7.80. The van der Waals surface area contributed by atoms with Crippen LogP contribution in [0.3, 0.4) is 0 Å². The zero-order valence-corrected chi connectivity index (χ0v) is 14.4. The molecule has 3 rings (SSSR count). The normalized spacial score (nSPS) is 14.6. The maximum atomic E-state index is 12.5. The maximum absolute atomic E-state index is 12.5. The Morgan fingerprint density at radius 3 is 2.57 bits per heavy atom. The van der Waals surface area contributed by atoms with Crippen LogP contribution in [-0.4, -0.2) is 19.1 Å². The van der Waals surface area contributed by atoms with Gasteiger partial charge < -0.3 is 14.8 Å². The summed E-state index contributed by atoms with van der Waals surface area (Å²) in [5, 5.41) is 5.10. The molecule has 0 aliphatic carbocycles. The van der Waals surface area contributed by atoms with Crippen molar-refractivity contribution in [1.29, 1.82) is 0 Å². The van der Waals surface area contributed by atoms with Crippen LogP contribution in [0.5, 0.6) is 11.5 Å². The highest BCUT2D eigenvalue weighted by Crippen LogP contribution is 2.34. The van der Waals surface area contributed by atoms with E-state index in [9.17, 15) is 4.79 Å². The lowest BCUT2D eigenvalue weighted by Crippen LogP contribution is -2.31. The van der Waals surface area contributed by atoms with Crippen LogP contribution in [-0.2, 0) is 0 Å². The molecule has 1 aromatic heterocycles. The molecule has 122 valence electrons. The fraction of sp³-hybridized carbons (Fsp3) is 0.389. The van der Waals surface area contributed by atoms with Gasteiger partial charge in [0.1, 0.15) is 13.2 Å². The van der Waals surface area contributed by atoms with Crippen LogP contribution >= 0.6 is 11.3 Å². The lowest BCUT2D eigenvalue weighted by atomic mass is 9.95. The van der Waals surface area contributed by atoms with Crippen LogP contribution in [0.15, 0.2) is 29.6 Å². The summed E-state index contributed by atoms with van der Waals surface area (Å²) in [7, 11) is 0. The Kier molecular flexibility index (Phi) is 4.57. The highest BCUT2D eigenvalue weighted by molar-refractivity contribution is 7.12. The molecule has 5 heteroatoms. The number of hydrogen-bond donors (Lipinski definition) is 1. The lowest BCUT2D eigenvalue weighted by Gasteiger charge is -2.25. The van der Waals surface area contributed by atoms with E-state index in [0.29, 0.717) is 13.2 Å². The van der Waals surface area contributed by atoms with E-state index < -0.39 is 0 Å². The zero-order valence-electron chi connectivity index (χ0n) is 13.6. The molecule has 4 nitrogen and oxygen atoms in total. The number of fused-ring (bicyclic) bond motifs is 1. The van der Waals surface area contributed by atoms with Gasteiger partial charge in [0.2, 0.25) is 0 Å². The first-order chi connectivity index (χ1) is 11.1. The number of hydrogen-bond acceptors (Lipinski definition) is 4. The molecule has 0 spiro atoms. The molecule has 0 saturated heterocycles. The van der Waals surface area contributed by atoms with Crippen LogP contribution in [0.25, 0.3) is 0 Å². The minimum Gasteiger partial charge on any atom is -0.486 e. The SMILES string of the molecule is Cc1ccsc1C(=O)N[C@H](c1ccc2c(c1)OCCO2)C(C)C. The van der Waals surface area contributed by atoms with Gasteiger partial charge in [0.15, 0.2) is 11.5 Å². The van der Waals surface area contributed by atoms with Crippen molar-refractivity contribution < 1.29 is 14.3 Å². The molecule has 0 bridgehead atoms. The number of aryl methyl sites for hydroxylation is 1. The number of carbonyl (C=O) groups excluding carboxylic acids is 1. The van der Waals surface area contributed by atoms with Crippen molar-refractivity contribution in [2.45, 2.75) is 26.8 Å². The van der Waals surface area contributed by atoms with Crippen molar-refractivity contribution in [3.63, 3.8) is 0 Å². The predicted molar refractivity (Wildman–Crippen MR) is 91.5 cm³/mol. The molecule has 1 N–H and O–H groups in total. The van der Waals surface area contributed by atoms with Crippen LogP contribution in [0.4, 0.5) is 0 Å². The molecule has 2 aromatic rings. The van der Waals surface area contributed by atoms with Gasteiger partial charge in [0.25, 0.3) is 5.91 Å². The van der Waals surface area contributed by atoms with Crippen molar-refractivity contribution in [3.05, 3.63) is 45.6 Å². The summed E-state index contributed by atoms with van der Waals surface area (Å²) < 4.78 is 11.2. The Bertz CT molecular complexity index is 708. The molecule has 0 unspecified atom stereocenters. The van der Waals surface area contributed by atoms with Crippen molar-refractivity contribution in [2.75, 3.05) is 13.2 Å². The largest absolute Gasteiger partial charge is 0.486 e. The lowest BCUT2D eigenvalue weighted by molar-refractivity contribution is 0.0929. The maximum Gasteiger partial charge on any atom is 0.262 e. The Balaban J connectivity index is 1.84. The molecular weight excluding hydrogens is 310 g/mol. The quantitative estimate of drug-likeness (QED) is 0.922. The van der Waals surface area contributed by atoms with Crippen molar-refractivity contribution in [1.82, 2.24) is 5.32 Å². The predicted octanol–water partition coefficient (Wildman–Crippen LogP) is 3.95. The smallest absolute Gasteiger partial charge is 0.262 e. The summed E-state index contributed by atoms with van der Waals surface area (Å²) in [4.78, 5) is 13.3. The van der Waals surface area contributed by atoms with Gasteiger partial charge in [-0.25, -0.2) is 0 Å². The Morgan fingerprint density at radius 2 is 1.91 bits per heavy atom. The van der Waals surface area contributed by atoms with Gasteiger partial charge in [-0.15, -0.1) is 11.3 Å². The summed E-state index contributed by atoms with van der Waals surface area (Å²) in [5.74, 6) is 1.76. The van der Waals surface area contributed by atoms with Crippen LogP contribution < -0.4 is 14.8 Å². The average molecular weight is 331 g/mol. The molecule has 1 aliphatic rings. The molecule has 1 amide bonds. The number of carbonyl (C=O) groups is 1. The van der Waals surface area contributed by atoms with E-state index in [1.54, 1.807) is 0 Å². The van der Waals surface area contributed by atoms with Crippen molar-refractivity contribution >= 4 is 17.2 Å². The van der Waals surface area contributed by atoms with Crippen LogP contribution in [0.2, 0.25) is 0 Å². The molecular formula is C18H21NO3S. The molecule has 1 aromatic carbocycles. The number of amides is 1. The molecule has 1 atom stereocenters. The van der Waals surface area contributed by atoms with Gasteiger partial charge in [0, 0.05) is 0 Å². The zero-order chi connectivity index (χ0) is 16.4. The summed E-state index contributed by atoms with van der Waals surface area (Å²) in [5.41, 5.74) is 2.05. The Hall–Kier alpha value is -2.01. The van der Waals surface area contributed by atoms with Gasteiger partial charge in [-0.2, -0.15) is 0 Å². The first kappa shape index (κ1) is 15.9. The number of nitrogens with one attached hydrogen (secondary N) is 1. The van der Waals surface area contributed by atoms with E-state index in [1.165, 1.54) is 11.3 Å². The molecule has 2 heterocycles. The summed E-state index contributed by atoms with van der Waals surface area (Å²) in [6, 6.07) is 7.79. The Labute approximate surface area is 140 Å². The van der Waals surface area contributed by atoms with Gasteiger partial charge in [-0.3, -0.25) is 4.79 Å². The van der Waals surface area contributed by atoms with Gasteiger partial charge >= 0.3 is 0 Å². The highest BCUT2D eigenvalue weighted by atomic mass is 32.1. The second kappa shape index (κ2) is 6.62. The van der Waals surface area contributed by atoms with Gasteiger partial charge in [-0.1, -0.05) is 19.9 Å². The van der Waals surface area contributed by atoms with E-state index in [0.717, 1.165) is 27.5 Å². The second-order valence-electron chi connectivity index (χ2n) is 6.03. The molecule has 0 saturated carbocycles. The minimum absolute atomic E-state index is 0.0221. The van der Waals surface area contributed by atoms with E-state index in [2.05, 4.69) is 19.2 Å². The monoisotopic (exact) mass is 331 g/mol. The summed E-state index contributed by atoms with van der Waals surface area (Å²) in [6.07, 6.45) is 0. The third-order valence-corrected chi connectivity index (χ3v) is 4.96. The highest BCUT2D eigenvalue weighted by Gasteiger charge is 2.23. The third kappa shape index (κ3) is 3.34. The van der Waals surface area contributed by atoms with Crippen LogP contribution in [0.1, 0.15) is 40.7 Å². The van der Waals surface area contributed by atoms with E-state index in [4.69, 9.17) is 9.47 Å². The third-order valence-electron chi connectivity index (χ3n) is 3.95. The summed E-state index contributed by atoms with van der Waals surface area (Å²) >= 11 is 1.47. The molecule has 1 aliphatic heterocycles. The van der Waals surface area contributed by atoms with E-state index in [-0.39, 0.29) is 17.9 Å². The first-order valence-corrected chi connectivity index (χ1v) is 8.68. The standard InChI is InChI=1S/C18H21NO3S/c1-11(2)16(19-18(20)17-12(3)6-9-23-17)13-4-5-14-15(10-13)22-8-7-21-14/h4-6,9-11,16H,7-8H2,1-3H3,(H,19,20)/t16-/m0/s1. The summed E-state index contributed by atoms with van der Waals surface area (Å²) in [6.45, 7) is 7.30. The van der Waals surface area contributed by atoms with Crippen molar-refractivity contribution in [3.8, 4) is 11.5 Å². The topological polar surface area (TPSA) is 47.6 Å². The average Bonchev–Trinajstić information content (AvgIpc) is 2.98. The van der Waals surface area contributed by atoms with Crippen molar-refractivity contribution in [2.24, 2.45) is 5.92 Å². The van der Waals surface area contributed by atoms with Crippen LogP contribution in [0, 0.1) is 12.8 Å². The van der Waals surface area contributed by atoms with E-state index in [1.807, 2.05) is 36.6 Å². The minimum atomic E-state index is -0.0696. The Morgan fingerprint density at radius 1 is 1.17 bits per heavy atom. The van der Waals surface area contributed by atoms with E-state index >= 15 is 0 Å². The van der Waals surface area contributed by atoms with Gasteiger partial charge in [-0.05, 0) is 47.5 Å². The molecule has 23 heavy (non-hydrogen) atoms.